The summed E-state index contributed by atoms with van der Waals surface area (Å²) in [4.78, 5) is 12.3. The predicted molar refractivity (Wildman–Crippen MR) is 86.6 cm³/mol. The molecule has 0 radical (unpaired) electrons. The molecule has 2 aromatic carbocycles. The monoisotopic (exact) mass is 364 g/mol. The van der Waals surface area contributed by atoms with E-state index in [1.54, 1.807) is 6.92 Å². The van der Waals surface area contributed by atoms with Crippen molar-refractivity contribution < 1.29 is 22.3 Å². The summed E-state index contributed by atoms with van der Waals surface area (Å²) in [5.74, 6) is -0.885. The van der Waals surface area contributed by atoms with Crippen LogP contribution < -0.4 is 10.3 Å². The van der Waals surface area contributed by atoms with Gasteiger partial charge in [0.05, 0.1) is 11.4 Å². The Kier molecular flexibility index (Phi) is 4.50. The van der Waals surface area contributed by atoms with Crippen molar-refractivity contribution in [3.63, 3.8) is 0 Å². The van der Waals surface area contributed by atoms with E-state index in [-0.39, 0.29) is 11.4 Å². The minimum absolute atomic E-state index is 0.247. The molecule has 0 fully saturated rings. The maximum Gasteiger partial charge on any atom is 0.573 e. The summed E-state index contributed by atoms with van der Waals surface area (Å²) in [5, 5.41) is 4.19. The number of hydrogen-bond acceptors (Lipinski definition) is 3. The van der Waals surface area contributed by atoms with Crippen molar-refractivity contribution in [2.45, 2.75) is 13.3 Å². The SMILES string of the molecule is Cc1cc(-c2ccc(OC(F)(F)F)cc2)nn(-c2cccc(F)c2)c1=O. The van der Waals surface area contributed by atoms with Gasteiger partial charge >= 0.3 is 6.36 Å². The summed E-state index contributed by atoms with van der Waals surface area (Å²) in [7, 11) is 0. The summed E-state index contributed by atoms with van der Waals surface area (Å²) in [5.41, 5.74) is 1.01. The molecule has 1 aromatic heterocycles. The van der Waals surface area contributed by atoms with Gasteiger partial charge in [-0.3, -0.25) is 4.79 Å². The van der Waals surface area contributed by atoms with Crippen molar-refractivity contribution in [3.8, 4) is 22.7 Å². The summed E-state index contributed by atoms with van der Waals surface area (Å²) in [6, 6.07) is 12.0. The van der Waals surface area contributed by atoms with E-state index in [4.69, 9.17) is 0 Å². The third kappa shape index (κ3) is 3.90. The Hall–Kier alpha value is -3.16. The lowest BCUT2D eigenvalue weighted by molar-refractivity contribution is -0.274. The summed E-state index contributed by atoms with van der Waals surface area (Å²) in [6.45, 7) is 1.57. The van der Waals surface area contributed by atoms with E-state index in [9.17, 15) is 22.4 Å². The van der Waals surface area contributed by atoms with Crippen LogP contribution in [0.4, 0.5) is 17.6 Å². The Bertz CT molecular complexity index is 995. The average Bonchev–Trinajstić information content (AvgIpc) is 2.56. The molecule has 0 N–H and O–H groups in total. The molecule has 0 unspecified atom stereocenters. The number of aryl methyl sites for hydroxylation is 1. The standard InChI is InChI=1S/C18H12F4N2O2/c1-11-9-16(12-5-7-15(8-6-12)26-18(20,21)22)23-24(17(11)25)14-4-2-3-13(19)10-14/h2-10H,1H3. The normalized spacial score (nSPS) is 11.4. The molecule has 3 rings (SSSR count). The fraction of sp³-hybridized carbons (Fsp3) is 0.111. The second-order valence-corrected chi connectivity index (χ2v) is 5.48. The molecule has 0 aliphatic heterocycles. The zero-order valence-electron chi connectivity index (χ0n) is 13.4. The van der Waals surface area contributed by atoms with Crippen LogP contribution >= 0.6 is 0 Å². The topological polar surface area (TPSA) is 44.1 Å². The van der Waals surface area contributed by atoms with Crippen LogP contribution in [0.3, 0.4) is 0 Å². The van der Waals surface area contributed by atoms with E-state index in [0.717, 1.165) is 22.9 Å². The van der Waals surface area contributed by atoms with E-state index < -0.39 is 17.7 Å². The quantitative estimate of drug-likeness (QED) is 0.653. The summed E-state index contributed by atoms with van der Waals surface area (Å²) in [6.07, 6.45) is -4.78. The lowest BCUT2D eigenvalue weighted by atomic mass is 10.1. The Morgan fingerprint density at radius 2 is 1.73 bits per heavy atom. The zero-order chi connectivity index (χ0) is 18.9. The number of aromatic nitrogens is 2. The number of alkyl halides is 3. The molecule has 0 aliphatic carbocycles. The van der Waals surface area contributed by atoms with E-state index in [0.29, 0.717) is 16.8 Å². The van der Waals surface area contributed by atoms with E-state index >= 15 is 0 Å². The smallest absolute Gasteiger partial charge is 0.406 e. The van der Waals surface area contributed by atoms with E-state index in [1.165, 1.54) is 36.4 Å². The molecule has 0 spiro atoms. The van der Waals surface area contributed by atoms with Crippen LogP contribution in [0.5, 0.6) is 5.75 Å². The van der Waals surface area contributed by atoms with Gasteiger partial charge < -0.3 is 4.74 Å². The molecular formula is C18H12F4N2O2. The molecule has 0 atom stereocenters. The first kappa shape index (κ1) is 17.7. The highest BCUT2D eigenvalue weighted by Crippen LogP contribution is 2.25. The minimum atomic E-state index is -4.78. The Morgan fingerprint density at radius 3 is 2.35 bits per heavy atom. The molecule has 1 heterocycles. The van der Waals surface area contributed by atoms with Gasteiger partial charge in [-0.25, -0.2) is 4.39 Å². The van der Waals surface area contributed by atoms with Gasteiger partial charge in [0.1, 0.15) is 11.6 Å². The molecule has 0 amide bonds. The predicted octanol–water partition coefficient (Wildman–Crippen LogP) is 4.25. The number of halogens is 4. The van der Waals surface area contributed by atoms with Gasteiger partial charge in [-0.05, 0) is 55.5 Å². The number of rotatable bonds is 3. The maximum absolute atomic E-state index is 13.4. The molecule has 0 saturated heterocycles. The third-order valence-electron chi connectivity index (χ3n) is 3.53. The van der Waals surface area contributed by atoms with Crippen molar-refractivity contribution in [2.75, 3.05) is 0 Å². The van der Waals surface area contributed by atoms with Gasteiger partial charge in [0, 0.05) is 11.1 Å². The molecule has 3 aromatic rings. The van der Waals surface area contributed by atoms with Crippen LogP contribution in [0.2, 0.25) is 0 Å². The van der Waals surface area contributed by atoms with Gasteiger partial charge in [0.2, 0.25) is 0 Å². The highest BCUT2D eigenvalue weighted by molar-refractivity contribution is 5.60. The highest BCUT2D eigenvalue weighted by atomic mass is 19.4. The van der Waals surface area contributed by atoms with Gasteiger partial charge in [0.25, 0.3) is 5.56 Å². The summed E-state index contributed by atoms with van der Waals surface area (Å²) < 4.78 is 55.0. The van der Waals surface area contributed by atoms with Crippen LogP contribution in [-0.2, 0) is 0 Å². The molecule has 0 aliphatic rings. The van der Waals surface area contributed by atoms with Gasteiger partial charge in [-0.15, -0.1) is 13.2 Å². The van der Waals surface area contributed by atoms with Crippen molar-refractivity contribution in [3.05, 3.63) is 76.3 Å². The first-order valence-corrected chi connectivity index (χ1v) is 7.46. The Morgan fingerprint density at radius 1 is 1.04 bits per heavy atom. The number of ether oxygens (including phenoxy) is 1. The Balaban J connectivity index is 2.02. The second-order valence-electron chi connectivity index (χ2n) is 5.48. The van der Waals surface area contributed by atoms with Crippen LogP contribution in [0.1, 0.15) is 5.56 Å². The lowest BCUT2D eigenvalue weighted by Gasteiger charge is -2.11. The number of hydrogen-bond donors (Lipinski definition) is 0. The van der Waals surface area contributed by atoms with Crippen LogP contribution in [0, 0.1) is 12.7 Å². The highest BCUT2D eigenvalue weighted by Gasteiger charge is 2.31. The molecule has 8 heteroatoms. The molecule has 0 saturated carbocycles. The van der Waals surface area contributed by atoms with Gasteiger partial charge in [0.15, 0.2) is 0 Å². The van der Waals surface area contributed by atoms with Crippen LogP contribution in [0.25, 0.3) is 16.9 Å². The molecule has 4 nitrogen and oxygen atoms in total. The Labute approximate surface area is 145 Å². The van der Waals surface area contributed by atoms with Gasteiger partial charge in [-0.1, -0.05) is 6.07 Å². The van der Waals surface area contributed by atoms with Crippen molar-refractivity contribution in [2.24, 2.45) is 0 Å². The molecule has 0 bridgehead atoms. The first-order chi connectivity index (χ1) is 12.2. The number of benzene rings is 2. The first-order valence-electron chi connectivity index (χ1n) is 7.46. The molecule has 26 heavy (non-hydrogen) atoms. The fourth-order valence-electron chi connectivity index (χ4n) is 2.37. The zero-order valence-corrected chi connectivity index (χ0v) is 13.4. The van der Waals surface area contributed by atoms with E-state index in [2.05, 4.69) is 9.84 Å². The lowest BCUT2D eigenvalue weighted by Crippen LogP contribution is -2.23. The van der Waals surface area contributed by atoms with Crippen LogP contribution in [0.15, 0.2) is 59.4 Å². The van der Waals surface area contributed by atoms with E-state index in [1.807, 2.05) is 0 Å². The molecule has 134 valence electrons. The molecular weight excluding hydrogens is 352 g/mol. The third-order valence-corrected chi connectivity index (χ3v) is 3.53. The van der Waals surface area contributed by atoms with Crippen LogP contribution in [-0.4, -0.2) is 16.1 Å². The minimum Gasteiger partial charge on any atom is -0.406 e. The maximum atomic E-state index is 13.4. The fourth-order valence-corrected chi connectivity index (χ4v) is 2.37. The van der Waals surface area contributed by atoms with Crippen molar-refractivity contribution in [1.29, 1.82) is 0 Å². The van der Waals surface area contributed by atoms with Crippen molar-refractivity contribution >= 4 is 0 Å². The average molecular weight is 364 g/mol. The number of nitrogens with zero attached hydrogens (tertiary/aromatic N) is 2. The second kappa shape index (κ2) is 6.62. The largest absolute Gasteiger partial charge is 0.573 e. The summed E-state index contributed by atoms with van der Waals surface area (Å²) >= 11 is 0. The van der Waals surface area contributed by atoms with Crippen molar-refractivity contribution in [1.82, 2.24) is 9.78 Å². The van der Waals surface area contributed by atoms with Gasteiger partial charge in [-0.2, -0.15) is 9.78 Å².